The van der Waals surface area contributed by atoms with Crippen LogP contribution in [0.1, 0.15) is 50.3 Å². The van der Waals surface area contributed by atoms with E-state index in [-0.39, 0.29) is 18.1 Å². The van der Waals surface area contributed by atoms with Crippen molar-refractivity contribution in [3.8, 4) is 0 Å². The lowest BCUT2D eigenvalue weighted by Gasteiger charge is -2.26. The Balaban J connectivity index is 1.74. The second kappa shape index (κ2) is 8.69. The summed E-state index contributed by atoms with van der Waals surface area (Å²) in [4.78, 5) is 49.8. The van der Waals surface area contributed by atoms with E-state index in [1.54, 1.807) is 0 Å². The van der Waals surface area contributed by atoms with Crippen LogP contribution in [0.25, 0.3) is 10.9 Å². The first-order valence-electron chi connectivity index (χ1n) is 10.2. The zero-order valence-electron chi connectivity index (χ0n) is 16.5. The standard InChI is InChI=1S/C22H23FN4O3/c23-15-6-7-16(25-12-15)11-20(28)19(10-14-4-2-1-3-5-14)27-21(29)17-8-9-24-13-18(17)26-22(27)30/h6-9,12-14,19H,1-5,10-11H2,(H,26,30). The second-order valence-electron chi connectivity index (χ2n) is 7.89. The van der Waals surface area contributed by atoms with Gasteiger partial charge in [-0.05, 0) is 30.5 Å². The summed E-state index contributed by atoms with van der Waals surface area (Å²) in [6, 6.07) is 3.33. The monoisotopic (exact) mass is 410 g/mol. The largest absolute Gasteiger partial charge is 0.329 e. The van der Waals surface area contributed by atoms with E-state index in [2.05, 4.69) is 15.0 Å². The first-order valence-corrected chi connectivity index (χ1v) is 10.2. The van der Waals surface area contributed by atoms with Crippen LogP contribution in [0.4, 0.5) is 4.39 Å². The van der Waals surface area contributed by atoms with Crippen LogP contribution in [0.2, 0.25) is 0 Å². The Bertz CT molecular complexity index is 1160. The van der Waals surface area contributed by atoms with E-state index in [0.29, 0.717) is 23.0 Å². The van der Waals surface area contributed by atoms with Gasteiger partial charge in [0, 0.05) is 11.9 Å². The second-order valence-corrected chi connectivity index (χ2v) is 7.89. The molecular weight excluding hydrogens is 387 g/mol. The van der Waals surface area contributed by atoms with Crippen molar-refractivity contribution in [2.24, 2.45) is 5.92 Å². The Labute approximate surface area is 172 Å². The van der Waals surface area contributed by atoms with Crippen LogP contribution < -0.4 is 11.2 Å². The summed E-state index contributed by atoms with van der Waals surface area (Å²) < 4.78 is 14.2. The normalized spacial score (nSPS) is 15.9. The third kappa shape index (κ3) is 4.22. The molecule has 0 spiro atoms. The summed E-state index contributed by atoms with van der Waals surface area (Å²) in [6.07, 6.45) is 9.59. The summed E-state index contributed by atoms with van der Waals surface area (Å²) in [5.41, 5.74) is -0.378. The van der Waals surface area contributed by atoms with Gasteiger partial charge in [0.05, 0.1) is 29.7 Å². The lowest BCUT2D eigenvalue weighted by atomic mass is 9.83. The number of carbonyl (C=O) groups excluding carboxylic acids is 1. The van der Waals surface area contributed by atoms with Crippen LogP contribution in [0.5, 0.6) is 0 Å². The maximum Gasteiger partial charge on any atom is 0.329 e. The summed E-state index contributed by atoms with van der Waals surface area (Å²) >= 11 is 0. The topological polar surface area (TPSA) is 97.7 Å². The molecule has 0 saturated heterocycles. The van der Waals surface area contributed by atoms with Gasteiger partial charge in [-0.25, -0.2) is 13.8 Å². The smallest absolute Gasteiger partial charge is 0.305 e. The molecule has 3 aromatic rings. The van der Waals surface area contributed by atoms with Gasteiger partial charge in [0.25, 0.3) is 5.56 Å². The number of aromatic amines is 1. The number of fused-ring (bicyclic) bond motifs is 1. The number of Topliss-reactive ketones (excluding diaryl/α,β-unsaturated/α-hetero) is 1. The van der Waals surface area contributed by atoms with Gasteiger partial charge in [-0.2, -0.15) is 0 Å². The number of halogens is 1. The first-order chi connectivity index (χ1) is 14.5. The third-order valence-corrected chi connectivity index (χ3v) is 5.84. The minimum atomic E-state index is -0.895. The molecule has 0 aromatic carbocycles. The lowest BCUT2D eigenvalue weighted by molar-refractivity contribution is -0.122. The van der Waals surface area contributed by atoms with Crippen LogP contribution >= 0.6 is 0 Å². The van der Waals surface area contributed by atoms with Crippen LogP contribution in [-0.2, 0) is 11.2 Å². The lowest BCUT2D eigenvalue weighted by Crippen LogP contribution is -2.42. The minimum Gasteiger partial charge on any atom is -0.305 e. The van der Waals surface area contributed by atoms with Gasteiger partial charge in [0.1, 0.15) is 11.9 Å². The zero-order chi connectivity index (χ0) is 21.1. The molecule has 30 heavy (non-hydrogen) atoms. The number of aromatic nitrogens is 4. The van der Waals surface area contributed by atoms with Crippen LogP contribution in [-0.4, -0.2) is 25.3 Å². The van der Waals surface area contributed by atoms with Crippen molar-refractivity contribution < 1.29 is 9.18 Å². The fourth-order valence-corrected chi connectivity index (χ4v) is 4.29. The fraction of sp³-hybridized carbons (Fsp3) is 0.409. The maximum atomic E-state index is 13.3. The molecule has 4 rings (SSSR count). The number of ketones is 1. The van der Waals surface area contributed by atoms with E-state index in [0.717, 1.165) is 42.9 Å². The Hall–Kier alpha value is -3.16. The minimum absolute atomic E-state index is 0.0715. The van der Waals surface area contributed by atoms with Crippen molar-refractivity contribution in [3.05, 3.63) is 69.1 Å². The number of H-pyrrole nitrogens is 1. The number of hydrogen-bond donors (Lipinski definition) is 1. The number of rotatable bonds is 6. The van der Waals surface area contributed by atoms with Crippen molar-refractivity contribution in [3.63, 3.8) is 0 Å². The van der Waals surface area contributed by atoms with E-state index < -0.39 is 23.1 Å². The molecule has 0 amide bonds. The summed E-state index contributed by atoms with van der Waals surface area (Å²) in [7, 11) is 0. The highest BCUT2D eigenvalue weighted by Crippen LogP contribution is 2.31. The molecule has 1 N–H and O–H groups in total. The van der Waals surface area contributed by atoms with Crippen molar-refractivity contribution in [1.82, 2.24) is 19.5 Å². The number of nitrogens with zero attached hydrogens (tertiary/aromatic N) is 3. The van der Waals surface area contributed by atoms with Gasteiger partial charge >= 0.3 is 5.69 Å². The summed E-state index contributed by atoms with van der Waals surface area (Å²) in [5, 5.41) is 0.311. The predicted molar refractivity (Wildman–Crippen MR) is 110 cm³/mol. The van der Waals surface area contributed by atoms with Crippen molar-refractivity contribution in [1.29, 1.82) is 0 Å². The van der Waals surface area contributed by atoms with E-state index in [4.69, 9.17) is 0 Å². The van der Waals surface area contributed by atoms with Gasteiger partial charge in [-0.15, -0.1) is 0 Å². The highest BCUT2D eigenvalue weighted by atomic mass is 19.1. The molecule has 0 radical (unpaired) electrons. The molecule has 1 unspecified atom stereocenters. The Morgan fingerprint density at radius 1 is 1.17 bits per heavy atom. The Morgan fingerprint density at radius 2 is 1.97 bits per heavy atom. The van der Waals surface area contributed by atoms with Gasteiger partial charge in [-0.3, -0.25) is 19.6 Å². The number of nitrogens with one attached hydrogen (secondary N) is 1. The van der Waals surface area contributed by atoms with E-state index in [1.165, 1.54) is 30.6 Å². The fourth-order valence-electron chi connectivity index (χ4n) is 4.29. The molecule has 3 heterocycles. The Morgan fingerprint density at radius 3 is 2.70 bits per heavy atom. The molecular formula is C22H23FN4O3. The quantitative estimate of drug-likeness (QED) is 0.674. The van der Waals surface area contributed by atoms with E-state index >= 15 is 0 Å². The third-order valence-electron chi connectivity index (χ3n) is 5.84. The number of hydrogen-bond acceptors (Lipinski definition) is 5. The summed E-state index contributed by atoms with van der Waals surface area (Å²) in [5.74, 6) is -0.491. The van der Waals surface area contributed by atoms with Crippen molar-refractivity contribution in [2.45, 2.75) is 51.0 Å². The van der Waals surface area contributed by atoms with E-state index in [1.807, 2.05) is 0 Å². The van der Waals surface area contributed by atoms with Crippen LogP contribution in [0.3, 0.4) is 0 Å². The van der Waals surface area contributed by atoms with Crippen molar-refractivity contribution >= 4 is 16.7 Å². The highest BCUT2D eigenvalue weighted by molar-refractivity contribution is 5.85. The highest BCUT2D eigenvalue weighted by Gasteiger charge is 2.29. The first kappa shape index (κ1) is 20.1. The molecule has 156 valence electrons. The molecule has 1 aliphatic carbocycles. The molecule has 8 heteroatoms. The van der Waals surface area contributed by atoms with E-state index in [9.17, 15) is 18.8 Å². The number of pyridine rings is 2. The molecule has 1 aliphatic rings. The molecule has 3 aromatic heterocycles. The summed E-state index contributed by atoms with van der Waals surface area (Å²) in [6.45, 7) is 0. The van der Waals surface area contributed by atoms with Gasteiger partial charge in [-0.1, -0.05) is 32.1 Å². The van der Waals surface area contributed by atoms with Crippen LogP contribution in [0.15, 0.2) is 46.4 Å². The molecule has 0 bridgehead atoms. The Kier molecular flexibility index (Phi) is 5.83. The molecule has 1 fully saturated rings. The SMILES string of the molecule is O=C(Cc1ccc(F)cn1)C(CC1CCCCC1)n1c(=O)[nH]c2cnccc2c1=O. The maximum absolute atomic E-state index is 13.3. The van der Waals surface area contributed by atoms with Gasteiger partial charge in [0.15, 0.2) is 5.78 Å². The average molecular weight is 410 g/mol. The molecule has 1 atom stereocenters. The molecule has 1 saturated carbocycles. The zero-order valence-corrected chi connectivity index (χ0v) is 16.5. The van der Waals surface area contributed by atoms with Gasteiger partial charge in [0.2, 0.25) is 0 Å². The molecule has 7 nitrogen and oxygen atoms in total. The van der Waals surface area contributed by atoms with Crippen LogP contribution in [0, 0.1) is 11.7 Å². The van der Waals surface area contributed by atoms with Gasteiger partial charge < -0.3 is 4.98 Å². The predicted octanol–water partition coefficient (Wildman–Crippen LogP) is 2.94. The number of carbonyl (C=O) groups is 1. The molecule has 0 aliphatic heterocycles. The average Bonchev–Trinajstić information content (AvgIpc) is 2.75. The van der Waals surface area contributed by atoms with Crippen molar-refractivity contribution in [2.75, 3.05) is 0 Å².